The number of nitrogens with one attached hydrogen (secondary N) is 2. The Balaban J connectivity index is 0.739. The number of carbonyl (C=O) groups is 6. The zero-order valence-electron chi connectivity index (χ0n) is 54.0. The Kier molecular flexibility index (Phi) is 21.5. The maximum absolute atomic E-state index is 14.5. The van der Waals surface area contributed by atoms with Crippen molar-refractivity contribution in [2.24, 2.45) is 7.05 Å². The number of piperazine rings is 2. The summed E-state index contributed by atoms with van der Waals surface area (Å²) in [6.45, 7) is 9.54. The number of imide groups is 2. The molecule has 4 aliphatic heterocycles. The molecule has 0 bridgehead atoms. The third-order valence-electron chi connectivity index (χ3n) is 17.9. The topological polar surface area (TPSA) is 249 Å². The molecule has 11 rings (SSSR count). The number of nitrogens with zero attached hydrogens (tertiary/aromatic N) is 9. The van der Waals surface area contributed by atoms with Gasteiger partial charge in [0.05, 0.1) is 54.5 Å². The molecule has 0 saturated carbocycles. The highest BCUT2D eigenvalue weighted by atomic mass is 32.2. The third kappa shape index (κ3) is 15.2. The fourth-order valence-corrected chi connectivity index (χ4v) is 14.1. The van der Waals surface area contributed by atoms with Crippen molar-refractivity contribution in [3.05, 3.63) is 137 Å². The Morgan fingerprint density at radius 3 is 2.12 bits per heavy atom. The molecule has 3 saturated heterocycles. The molecule has 1 atom stereocenters. The van der Waals surface area contributed by atoms with Crippen LogP contribution in [-0.2, 0) is 65.4 Å². The van der Waals surface area contributed by atoms with Gasteiger partial charge >= 0.3 is 18.1 Å². The number of rotatable bonds is 28. The van der Waals surface area contributed by atoms with Crippen LogP contribution in [0.25, 0.3) is 32.8 Å². The summed E-state index contributed by atoms with van der Waals surface area (Å²) in [7, 11) is 1.29. The number of para-hydroxylation sites is 1. The van der Waals surface area contributed by atoms with Crippen molar-refractivity contribution in [2.45, 2.75) is 64.4 Å². The third-order valence-corrected chi connectivity index (χ3v) is 19.8. The van der Waals surface area contributed by atoms with Gasteiger partial charge in [-0.15, -0.1) is 0 Å². The van der Waals surface area contributed by atoms with Crippen LogP contribution in [0.5, 0.6) is 11.5 Å². The number of aryl methyl sites for hydroxylation is 3. The minimum atomic E-state index is -5.45. The lowest BCUT2D eigenvalue weighted by Crippen LogP contribution is -2.54. The average Bonchev–Trinajstić information content (AvgIpc) is 1.59. The van der Waals surface area contributed by atoms with E-state index < -0.39 is 58.0 Å². The molecule has 2 aromatic heterocycles. The molecule has 3 fully saturated rings. The number of amides is 4. The number of aromatic nitrogens is 3. The lowest BCUT2D eigenvalue weighted by molar-refractivity contribution is -0.193. The molecule has 7 aromatic rings. The molecule has 0 spiro atoms. The monoisotopic (exact) mass is 1350 g/mol. The molecule has 96 heavy (non-hydrogen) atoms. The van der Waals surface area contributed by atoms with Crippen LogP contribution >= 0.6 is 0 Å². The van der Waals surface area contributed by atoms with Gasteiger partial charge in [0.25, 0.3) is 22.0 Å². The number of halogens is 3. The van der Waals surface area contributed by atoms with Gasteiger partial charge in [0.15, 0.2) is 0 Å². The van der Waals surface area contributed by atoms with E-state index in [1.54, 1.807) is 28.4 Å². The fourth-order valence-electron chi connectivity index (χ4n) is 13.0. The average molecular weight is 1350 g/mol. The van der Waals surface area contributed by atoms with Crippen molar-refractivity contribution in [1.82, 2.24) is 43.0 Å². The van der Waals surface area contributed by atoms with Crippen LogP contribution < -0.4 is 25.0 Å². The molecule has 5 aromatic carbocycles. The minimum absolute atomic E-state index is 0.0251. The first-order valence-corrected chi connectivity index (χ1v) is 33.5. The van der Waals surface area contributed by atoms with E-state index in [-0.39, 0.29) is 62.4 Å². The van der Waals surface area contributed by atoms with Crippen LogP contribution in [0.1, 0.15) is 73.8 Å². The van der Waals surface area contributed by atoms with Crippen LogP contribution in [0.3, 0.4) is 0 Å². The summed E-state index contributed by atoms with van der Waals surface area (Å²) in [5, 5.41) is 12.7. The molecule has 0 aliphatic carbocycles. The van der Waals surface area contributed by atoms with Gasteiger partial charge in [0.2, 0.25) is 11.8 Å². The first-order valence-electron chi connectivity index (χ1n) is 32.1. The van der Waals surface area contributed by atoms with Crippen molar-refractivity contribution in [3.63, 3.8) is 0 Å². The molecule has 28 heteroatoms. The highest BCUT2D eigenvalue weighted by Gasteiger charge is 2.46. The second-order valence-corrected chi connectivity index (χ2v) is 26.3. The molecule has 4 aliphatic rings. The van der Waals surface area contributed by atoms with Gasteiger partial charge in [-0.25, -0.2) is 9.59 Å². The number of esters is 2. The Morgan fingerprint density at radius 2 is 1.40 bits per heavy atom. The van der Waals surface area contributed by atoms with E-state index in [9.17, 15) is 50.4 Å². The van der Waals surface area contributed by atoms with Gasteiger partial charge in [-0.05, 0) is 86.0 Å². The van der Waals surface area contributed by atoms with Crippen LogP contribution in [0.15, 0.2) is 103 Å². The largest absolute Gasteiger partial charge is 0.493 e. The van der Waals surface area contributed by atoms with E-state index in [1.165, 1.54) is 28.8 Å². The number of anilines is 2. The summed E-state index contributed by atoms with van der Waals surface area (Å²) in [6.07, 6.45) is -4.11. The quantitative estimate of drug-likeness (QED) is 0.0221. The predicted molar refractivity (Wildman–Crippen MR) is 351 cm³/mol. The Bertz CT molecular complexity index is 4140. The van der Waals surface area contributed by atoms with Crippen molar-refractivity contribution < 1.29 is 74.0 Å². The van der Waals surface area contributed by atoms with Gasteiger partial charge in [0.1, 0.15) is 29.8 Å². The first kappa shape index (κ1) is 68.6. The smallest absolute Gasteiger partial charge is 0.491 e. The van der Waals surface area contributed by atoms with Gasteiger partial charge in [-0.3, -0.25) is 39.0 Å². The molecule has 1 unspecified atom stereocenters. The van der Waals surface area contributed by atoms with E-state index in [1.807, 2.05) is 91.9 Å². The second kappa shape index (κ2) is 30.1. The van der Waals surface area contributed by atoms with Crippen LogP contribution in [0.4, 0.5) is 24.5 Å². The molecule has 0 radical (unpaired) electrons. The number of ether oxygens (including phenoxy) is 5. The van der Waals surface area contributed by atoms with E-state index >= 15 is 0 Å². The number of piperidine rings is 1. The Morgan fingerprint density at radius 1 is 0.719 bits per heavy atom. The maximum Gasteiger partial charge on any atom is 0.491 e. The van der Waals surface area contributed by atoms with Gasteiger partial charge < -0.3 is 43.4 Å². The number of hydrogen-bond acceptors (Lipinski definition) is 18. The lowest BCUT2D eigenvalue weighted by atomic mass is 9.98. The summed E-state index contributed by atoms with van der Waals surface area (Å²) in [4.78, 5) is 85.6. The van der Waals surface area contributed by atoms with Crippen LogP contribution in [-0.4, -0.2) is 213 Å². The zero-order valence-corrected chi connectivity index (χ0v) is 54.8. The summed E-state index contributed by atoms with van der Waals surface area (Å²) >= 11 is 0. The molecule has 4 amide bonds. The standard InChI is InChI=1S/C68H78F3N11O13S/c1-45-59(56(76(4)74-45)44-94-48-23-21-47(22-24-48)79-34-36-80(37-35-79)96(89,90)75(2)3)52-16-8-15-50-51(18-10-40-93-57-20-7-13-46-12-5-6-14-49(46)57)62(66(87)95-67(88)68(69,70)71)81(61(50)52)38-33-78-31-29-77(30-32-78)28-11-39-91-42-43-92-41-27-72-54-19-9-17-53-60(54)65(86)82(64(53)85)55-25-26-58(83)73-63(55)84/h5-9,12-17,19-24,55,72H,10-11,18,25-44H2,1-4H3,(H,73,83,84). The Hall–Kier alpha value is -8.77. The summed E-state index contributed by atoms with van der Waals surface area (Å²) in [6, 6.07) is 30.4. The summed E-state index contributed by atoms with van der Waals surface area (Å²) < 4.78 is 103. The molecular weight excluding hydrogens is 1270 g/mol. The van der Waals surface area contributed by atoms with Crippen LogP contribution in [0.2, 0.25) is 0 Å². The molecule has 6 heterocycles. The predicted octanol–water partition coefficient (Wildman–Crippen LogP) is 6.82. The second-order valence-electron chi connectivity index (χ2n) is 24.1. The number of carbonyl (C=O) groups excluding carboxylic acids is 6. The van der Waals surface area contributed by atoms with E-state index in [2.05, 4.69) is 25.3 Å². The van der Waals surface area contributed by atoms with Gasteiger partial charge in [0, 0.05) is 146 Å². The number of hydrogen-bond donors (Lipinski definition) is 2. The maximum atomic E-state index is 14.5. The molecule has 24 nitrogen and oxygen atoms in total. The Labute approximate surface area is 553 Å². The van der Waals surface area contributed by atoms with Crippen LogP contribution in [0, 0.1) is 6.92 Å². The zero-order chi connectivity index (χ0) is 67.8. The van der Waals surface area contributed by atoms with Crippen molar-refractivity contribution in [3.8, 4) is 22.6 Å². The summed E-state index contributed by atoms with van der Waals surface area (Å²) in [5.41, 5.74) is 5.09. The normalized spacial score (nSPS) is 16.9. The van der Waals surface area contributed by atoms with Crippen molar-refractivity contribution in [2.75, 3.05) is 129 Å². The van der Waals surface area contributed by atoms with E-state index in [0.29, 0.717) is 148 Å². The van der Waals surface area contributed by atoms with Gasteiger partial charge in [-0.1, -0.05) is 60.7 Å². The SMILES string of the molecule is Cc1nn(C)c(COc2ccc(N3CCN(S(=O)(=O)N(C)C)CC3)cc2)c1-c1cccc2c(CCCOc3cccc4ccccc34)c(C(=O)OC(=O)C(F)(F)F)n(CCN3CCN(CCCOCCOCCNc4cccc5c4C(=O)N(C4CCC(=O)NC4=O)C5=O)CC3)c12. The number of alkyl halides is 3. The number of benzene rings is 5. The fraction of sp³-hybridized carbons (Fsp3) is 0.426. The van der Waals surface area contributed by atoms with Gasteiger partial charge in [-0.2, -0.15) is 35.3 Å². The minimum Gasteiger partial charge on any atom is -0.493 e. The highest BCUT2D eigenvalue weighted by molar-refractivity contribution is 7.86. The summed E-state index contributed by atoms with van der Waals surface area (Å²) in [5.74, 6) is -5.15. The molecular formula is C68H78F3N11O13S. The van der Waals surface area contributed by atoms with Crippen molar-refractivity contribution >= 4 is 78.8 Å². The van der Waals surface area contributed by atoms with E-state index in [0.717, 1.165) is 34.3 Å². The molecule has 510 valence electrons. The van der Waals surface area contributed by atoms with Crippen molar-refractivity contribution in [1.29, 1.82) is 0 Å². The highest BCUT2D eigenvalue weighted by Crippen LogP contribution is 2.40. The van der Waals surface area contributed by atoms with E-state index in [4.69, 9.17) is 28.8 Å². The first-order chi connectivity index (χ1) is 46.2. The lowest BCUT2D eigenvalue weighted by Gasteiger charge is -2.36. The molecule has 2 N–H and O–H groups in total. The number of fused-ring (bicyclic) bond motifs is 3.